The molecule has 0 radical (unpaired) electrons. The first-order valence-electron chi connectivity index (χ1n) is 4.06. The van der Waals surface area contributed by atoms with Gasteiger partial charge in [-0.25, -0.2) is 0 Å². The standard InChI is InChI=1S/C9H12N2S/c1-7-5-9(12-2)8-3-4-10-11(8)6-7/h4-6,8H,3H2,1-2H3. The summed E-state index contributed by atoms with van der Waals surface area (Å²) in [6.45, 7) is 2.11. The van der Waals surface area contributed by atoms with Crippen LogP contribution in [0.2, 0.25) is 0 Å². The SMILES string of the molecule is CSC1=CC(C)=CN2N=CCC12. The Morgan fingerprint density at radius 1 is 1.67 bits per heavy atom. The highest BCUT2D eigenvalue weighted by Gasteiger charge is 2.25. The zero-order valence-corrected chi connectivity index (χ0v) is 8.14. The molecule has 0 N–H and O–H groups in total. The fraction of sp³-hybridized carbons (Fsp3) is 0.444. The van der Waals surface area contributed by atoms with E-state index in [1.54, 1.807) is 0 Å². The van der Waals surface area contributed by atoms with Gasteiger partial charge in [0.2, 0.25) is 0 Å². The zero-order chi connectivity index (χ0) is 8.55. The fourth-order valence-corrected chi connectivity index (χ4v) is 2.34. The number of hydrogen-bond acceptors (Lipinski definition) is 3. The van der Waals surface area contributed by atoms with E-state index in [9.17, 15) is 0 Å². The quantitative estimate of drug-likeness (QED) is 0.615. The predicted molar refractivity (Wildman–Crippen MR) is 54.1 cm³/mol. The Bertz CT molecular complexity index is 278. The van der Waals surface area contributed by atoms with E-state index in [-0.39, 0.29) is 0 Å². The highest BCUT2D eigenvalue weighted by Crippen LogP contribution is 2.31. The van der Waals surface area contributed by atoms with Crippen molar-refractivity contribution >= 4 is 18.0 Å². The Morgan fingerprint density at radius 2 is 2.50 bits per heavy atom. The summed E-state index contributed by atoms with van der Waals surface area (Å²) < 4.78 is 0. The number of hydrazone groups is 1. The molecular weight excluding hydrogens is 168 g/mol. The highest BCUT2D eigenvalue weighted by molar-refractivity contribution is 8.02. The molecule has 3 heteroatoms. The molecule has 0 spiro atoms. The van der Waals surface area contributed by atoms with Crippen molar-refractivity contribution in [2.45, 2.75) is 19.4 Å². The smallest absolute Gasteiger partial charge is 0.0876 e. The van der Waals surface area contributed by atoms with Crippen LogP contribution in [0.15, 0.2) is 27.9 Å². The Hall–Kier alpha value is -0.700. The van der Waals surface area contributed by atoms with Crippen LogP contribution in [0.3, 0.4) is 0 Å². The molecule has 0 fully saturated rings. The van der Waals surface area contributed by atoms with Crippen LogP contribution in [0.1, 0.15) is 13.3 Å². The van der Waals surface area contributed by atoms with Crippen LogP contribution in [0, 0.1) is 0 Å². The Labute approximate surface area is 77.0 Å². The van der Waals surface area contributed by atoms with Crippen LogP contribution < -0.4 is 0 Å². The van der Waals surface area contributed by atoms with Crippen LogP contribution >= 0.6 is 11.8 Å². The second-order valence-corrected chi connectivity index (χ2v) is 3.93. The molecule has 0 saturated heterocycles. The van der Waals surface area contributed by atoms with Gasteiger partial charge in [0.25, 0.3) is 0 Å². The summed E-state index contributed by atoms with van der Waals surface area (Å²) in [7, 11) is 0. The summed E-state index contributed by atoms with van der Waals surface area (Å²) in [6, 6.07) is 0.490. The topological polar surface area (TPSA) is 15.6 Å². The summed E-state index contributed by atoms with van der Waals surface area (Å²) in [5.74, 6) is 0. The van der Waals surface area contributed by atoms with Gasteiger partial charge in [-0.2, -0.15) is 5.10 Å². The largest absolute Gasteiger partial charge is 0.264 e. The second kappa shape index (κ2) is 2.98. The molecule has 1 atom stereocenters. The molecule has 2 aliphatic heterocycles. The number of rotatable bonds is 1. The highest BCUT2D eigenvalue weighted by atomic mass is 32.2. The van der Waals surface area contributed by atoms with Crippen molar-refractivity contribution in [3.8, 4) is 0 Å². The predicted octanol–water partition coefficient (Wildman–Crippen LogP) is 2.21. The first-order valence-corrected chi connectivity index (χ1v) is 5.28. The summed E-state index contributed by atoms with van der Waals surface area (Å²) in [5, 5.41) is 6.34. The minimum atomic E-state index is 0.490. The average Bonchev–Trinajstić information content (AvgIpc) is 2.50. The van der Waals surface area contributed by atoms with Crippen molar-refractivity contribution in [3.63, 3.8) is 0 Å². The lowest BCUT2D eigenvalue weighted by atomic mass is 10.1. The number of hydrogen-bond donors (Lipinski definition) is 0. The molecule has 64 valence electrons. The van der Waals surface area contributed by atoms with E-state index in [4.69, 9.17) is 0 Å². The van der Waals surface area contributed by atoms with Gasteiger partial charge >= 0.3 is 0 Å². The van der Waals surface area contributed by atoms with Crippen molar-refractivity contribution in [3.05, 3.63) is 22.8 Å². The number of allylic oxidation sites excluding steroid dienone is 2. The van der Waals surface area contributed by atoms with Crippen molar-refractivity contribution in [1.82, 2.24) is 5.01 Å². The molecule has 0 aromatic heterocycles. The third kappa shape index (κ3) is 1.18. The van der Waals surface area contributed by atoms with Gasteiger partial charge in [0.15, 0.2) is 0 Å². The normalized spacial score (nSPS) is 26.8. The first kappa shape index (κ1) is 7.92. The third-order valence-corrected chi connectivity index (χ3v) is 2.99. The van der Waals surface area contributed by atoms with Gasteiger partial charge in [-0.15, -0.1) is 11.8 Å². The van der Waals surface area contributed by atoms with Gasteiger partial charge in [-0.3, -0.25) is 5.01 Å². The molecule has 2 rings (SSSR count). The van der Waals surface area contributed by atoms with E-state index < -0.39 is 0 Å². The molecule has 0 aliphatic carbocycles. The molecule has 12 heavy (non-hydrogen) atoms. The molecule has 2 aliphatic rings. The van der Waals surface area contributed by atoms with Gasteiger partial charge in [0, 0.05) is 23.7 Å². The van der Waals surface area contributed by atoms with E-state index in [0.29, 0.717) is 6.04 Å². The van der Waals surface area contributed by atoms with Crippen LogP contribution in [0.5, 0.6) is 0 Å². The monoisotopic (exact) mass is 180 g/mol. The minimum Gasteiger partial charge on any atom is -0.264 e. The molecule has 0 aromatic rings. The third-order valence-electron chi connectivity index (χ3n) is 2.13. The average molecular weight is 180 g/mol. The Kier molecular flexibility index (Phi) is 1.97. The van der Waals surface area contributed by atoms with E-state index in [0.717, 1.165) is 6.42 Å². The molecule has 0 bridgehead atoms. The number of nitrogens with zero attached hydrogens (tertiary/aromatic N) is 2. The van der Waals surface area contributed by atoms with E-state index >= 15 is 0 Å². The maximum Gasteiger partial charge on any atom is 0.0876 e. The summed E-state index contributed by atoms with van der Waals surface area (Å²) in [4.78, 5) is 1.42. The lowest BCUT2D eigenvalue weighted by Gasteiger charge is -2.26. The van der Waals surface area contributed by atoms with Crippen molar-refractivity contribution in [1.29, 1.82) is 0 Å². The van der Waals surface area contributed by atoms with Crippen molar-refractivity contribution in [2.75, 3.05) is 6.26 Å². The summed E-state index contributed by atoms with van der Waals surface area (Å²) in [5.41, 5.74) is 1.29. The molecule has 1 unspecified atom stereocenters. The maximum absolute atomic E-state index is 4.28. The zero-order valence-electron chi connectivity index (χ0n) is 7.32. The summed E-state index contributed by atoms with van der Waals surface area (Å²) >= 11 is 1.82. The molecule has 0 amide bonds. The van der Waals surface area contributed by atoms with E-state index in [1.807, 2.05) is 18.0 Å². The summed E-state index contributed by atoms with van der Waals surface area (Å²) in [6.07, 6.45) is 9.52. The van der Waals surface area contributed by atoms with Gasteiger partial charge in [-0.05, 0) is 24.8 Å². The van der Waals surface area contributed by atoms with Gasteiger partial charge in [0.05, 0.1) is 6.04 Å². The lowest BCUT2D eigenvalue weighted by molar-refractivity contribution is 0.361. The molecule has 0 saturated carbocycles. The van der Waals surface area contributed by atoms with Gasteiger partial charge in [-0.1, -0.05) is 0 Å². The number of thioether (sulfide) groups is 1. The van der Waals surface area contributed by atoms with Crippen molar-refractivity contribution < 1.29 is 0 Å². The fourth-order valence-electron chi connectivity index (χ4n) is 1.56. The van der Waals surface area contributed by atoms with E-state index in [2.05, 4.69) is 35.6 Å². The number of fused-ring (bicyclic) bond motifs is 1. The molecule has 2 nitrogen and oxygen atoms in total. The minimum absolute atomic E-state index is 0.490. The van der Waals surface area contributed by atoms with Crippen LogP contribution in [0.25, 0.3) is 0 Å². The molecular formula is C9H12N2S. The van der Waals surface area contributed by atoms with Crippen LogP contribution in [0.4, 0.5) is 0 Å². The first-order chi connectivity index (χ1) is 5.81. The molecule has 0 aromatic carbocycles. The Balaban J connectivity index is 2.29. The van der Waals surface area contributed by atoms with Gasteiger partial charge < -0.3 is 0 Å². The second-order valence-electron chi connectivity index (χ2n) is 3.05. The van der Waals surface area contributed by atoms with Crippen LogP contribution in [-0.4, -0.2) is 23.5 Å². The Morgan fingerprint density at radius 3 is 3.25 bits per heavy atom. The van der Waals surface area contributed by atoms with E-state index in [1.165, 1.54) is 10.5 Å². The molecule has 2 heterocycles. The van der Waals surface area contributed by atoms with Gasteiger partial charge in [0.1, 0.15) is 0 Å². The lowest BCUT2D eigenvalue weighted by Crippen LogP contribution is -2.25. The van der Waals surface area contributed by atoms with Crippen molar-refractivity contribution in [2.24, 2.45) is 5.10 Å². The van der Waals surface area contributed by atoms with Crippen LogP contribution in [-0.2, 0) is 0 Å². The maximum atomic E-state index is 4.28.